The summed E-state index contributed by atoms with van der Waals surface area (Å²) >= 11 is 2.79. The topological polar surface area (TPSA) is 181 Å². The average molecular weight is 757 g/mol. The van der Waals surface area contributed by atoms with Crippen LogP contribution in [0.3, 0.4) is 0 Å². The molecule has 0 atom stereocenters. The fourth-order valence-corrected chi connectivity index (χ4v) is 6.42. The second-order valence-corrected chi connectivity index (χ2v) is 13.2. The second-order valence-electron chi connectivity index (χ2n) is 11.5. The zero-order chi connectivity index (χ0) is 38.7. The van der Waals surface area contributed by atoms with Crippen LogP contribution in [-0.4, -0.2) is 61.2 Å². The van der Waals surface area contributed by atoms with Gasteiger partial charge in [0.15, 0.2) is 11.4 Å². The van der Waals surface area contributed by atoms with Gasteiger partial charge in [0.25, 0.3) is 5.91 Å². The number of aromatic carboxylic acids is 1. The summed E-state index contributed by atoms with van der Waals surface area (Å²) in [5, 5.41) is 16.3. The Morgan fingerprint density at radius 2 is 1.17 bits per heavy atom. The number of amides is 1. The van der Waals surface area contributed by atoms with Crippen molar-refractivity contribution in [1.29, 1.82) is 0 Å². The van der Waals surface area contributed by atoms with E-state index >= 15 is 0 Å². The first-order valence-corrected chi connectivity index (χ1v) is 18.1. The summed E-state index contributed by atoms with van der Waals surface area (Å²) in [5.41, 5.74) is 12.4. The van der Waals surface area contributed by atoms with E-state index in [1.165, 1.54) is 22.7 Å². The van der Waals surface area contributed by atoms with Crippen LogP contribution in [0.25, 0.3) is 21.1 Å². The monoisotopic (exact) mass is 756 g/mol. The van der Waals surface area contributed by atoms with E-state index in [9.17, 15) is 19.2 Å². The molecule has 1 amide bonds. The molecule has 0 aliphatic heterocycles. The molecule has 0 unspecified atom stereocenters. The van der Waals surface area contributed by atoms with Gasteiger partial charge in [-0.3, -0.25) is 4.79 Å². The van der Waals surface area contributed by atoms with Crippen LogP contribution in [0.4, 0.5) is 11.4 Å². The summed E-state index contributed by atoms with van der Waals surface area (Å²) in [7, 11) is 3.56. The van der Waals surface area contributed by atoms with E-state index in [4.69, 9.17) is 20.3 Å². The van der Waals surface area contributed by atoms with Crippen LogP contribution < -0.4 is 11.1 Å². The predicted octanol–water partition coefficient (Wildman–Crippen LogP) is 7.49. The van der Waals surface area contributed by atoms with E-state index in [1.54, 1.807) is 65.2 Å². The van der Waals surface area contributed by atoms with Crippen molar-refractivity contribution in [3.63, 3.8) is 0 Å². The largest absolute Gasteiger partial charge is 0.477 e. The zero-order valence-corrected chi connectivity index (χ0v) is 31.7. The van der Waals surface area contributed by atoms with Gasteiger partial charge < -0.3 is 34.8 Å². The summed E-state index contributed by atoms with van der Waals surface area (Å²) < 4.78 is 13.2. The molecule has 4 heterocycles. The minimum absolute atomic E-state index is 0.160. The molecule has 6 rings (SSSR count). The fourth-order valence-electron chi connectivity index (χ4n) is 4.82. The first kappa shape index (κ1) is 39.7. The quantitative estimate of drug-likeness (QED) is 0.0988. The smallest absolute Gasteiger partial charge is 0.357 e. The maximum absolute atomic E-state index is 12.3. The number of hydrogen-bond donors (Lipinski definition) is 3. The molecule has 6 aromatic rings. The van der Waals surface area contributed by atoms with Gasteiger partial charge in [-0.15, -0.1) is 22.7 Å². The van der Waals surface area contributed by atoms with Gasteiger partial charge in [0.1, 0.15) is 21.4 Å². The fraction of sp³-hybridized carbons (Fsp3) is 0.211. The first-order chi connectivity index (χ1) is 25.3. The molecule has 0 aliphatic rings. The van der Waals surface area contributed by atoms with Gasteiger partial charge in [-0.1, -0.05) is 0 Å². The lowest BCUT2D eigenvalue weighted by atomic mass is 10.2. The van der Waals surface area contributed by atoms with Gasteiger partial charge in [-0.2, -0.15) is 0 Å². The molecule has 0 saturated carbocycles. The Labute approximate surface area is 314 Å². The number of ether oxygens (including phenoxy) is 2. The first-order valence-electron chi connectivity index (χ1n) is 16.3. The van der Waals surface area contributed by atoms with Crippen LogP contribution in [-0.2, 0) is 23.6 Å². The highest BCUT2D eigenvalue weighted by molar-refractivity contribution is 7.13. The van der Waals surface area contributed by atoms with Gasteiger partial charge in [0.2, 0.25) is 0 Å². The number of nitrogen functional groups attached to an aromatic ring is 1. The Kier molecular flexibility index (Phi) is 13.8. The number of hydrogen-bond acceptors (Lipinski definition) is 11. The molecule has 4 aromatic heterocycles. The lowest BCUT2D eigenvalue weighted by Crippen LogP contribution is -2.15. The predicted molar refractivity (Wildman–Crippen MR) is 207 cm³/mol. The van der Waals surface area contributed by atoms with Crippen LogP contribution in [0.1, 0.15) is 66.9 Å². The number of thiazole rings is 2. The number of esters is 2. The normalized spacial score (nSPS) is 10.3. The number of aromatic nitrogens is 4. The number of carboxylic acids is 1. The van der Waals surface area contributed by atoms with Gasteiger partial charge in [0, 0.05) is 59.8 Å². The van der Waals surface area contributed by atoms with Gasteiger partial charge in [-0.25, -0.2) is 24.4 Å². The molecule has 13 nitrogen and oxygen atoms in total. The lowest BCUT2D eigenvalue weighted by molar-refractivity contribution is 0.0511. The van der Waals surface area contributed by atoms with Crippen LogP contribution >= 0.6 is 22.7 Å². The number of nitrogens with one attached hydrogen (secondary N) is 1. The molecule has 0 spiro atoms. The van der Waals surface area contributed by atoms with Crippen molar-refractivity contribution >= 4 is 57.9 Å². The third-order valence-corrected chi connectivity index (χ3v) is 9.04. The van der Waals surface area contributed by atoms with Crippen molar-refractivity contribution < 1.29 is 33.8 Å². The Morgan fingerprint density at radius 3 is 1.55 bits per heavy atom. The van der Waals surface area contributed by atoms with Crippen molar-refractivity contribution in [2.75, 3.05) is 24.3 Å². The van der Waals surface area contributed by atoms with E-state index in [1.807, 2.05) is 69.6 Å². The third-order valence-electron chi connectivity index (χ3n) is 7.26. The van der Waals surface area contributed by atoms with Crippen LogP contribution in [0, 0.1) is 13.8 Å². The number of carbonyl (C=O) groups excluding carboxylic acids is 3. The van der Waals surface area contributed by atoms with E-state index in [0.717, 1.165) is 32.3 Å². The molecule has 276 valence electrons. The van der Waals surface area contributed by atoms with Crippen LogP contribution in [0.2, 0.25) is 0 Å². The molecule has 0 saturated heterocycles. The van der Waals surface area contributed by atoms with E-state index in [2.05, 4.69) is 15.3 Å². The van der Waals surface area contributed by atoms with Gasteiger partial charge in [0.05, 0.1) is 13.2 Å². The Bertz CT molecular complexity index is 2180. The van der Waals surface area contributed by atoms with E-state index < -0.39 is 11.9 Å². The Balaban J connectivity index is 0.000000198. The second kappa shape index (κ2) is 18.4. The Morgan fingerprint density at radius 1 is 0.736 bits per heavy atom. The maximum Gasteiger partial charge on any atom is 0.357 e. The molecule has 15 heteroatoms. The van der Waals surface area contributed by atoms with E-state index in [-0.39, 0.29) is 11.9 Å². The minimum Gasteiger partial charge on any atom is -0.477 e. The van der Waals surface area contributed by atoms with Crippen molar-refractivity contribution in [2.24, 2.45) is 14.1 Å². The molecule has 0 aliphatic carbocycles. The standard InChI is InChI=1S/C19H19N3O3S.C12H12N2O2S.C7H9NO2/c1-4-25-19(24)15-11-26-18(21-15)13-5-7-14(8-6-13)20-17(23)16-9-12(2)10-22(16)3;1-2-16-12(15)10-7-17-11(14-10)8-3-5-9(13)6-4-8;1-5-3-6(7(9)10)8(2)4-5/h5-11H,4H2,1-3H3,(H,20,23);3-7H,2,13H2,1H3;3-4H,1-2H3,(H,9,10). The zero-order valence-electron chi connectivity index (χ0n) is 30.1. The average Bonchev–Trinajstić information content (AvgIpc) is 3.94. The molecule has 0 radical (unpaired) electrons. The summed E-state index contributed by atoms with van der Waals surface area (Å²) in [5.74, 6) is -1.84. The van der Waals surface area contributed by atoms with Gasteiger partial charge in [-0.05, 0) is 99.5 Å². The van der Waals surface area contributed by atoms with E-state index in [0.29, 0.717) is 47.4 Å². The number of anilines is 2. The number of nitrogens with zero attached hydrogens (tertiary/aromatic N) is 4. The van der Waals surface area contributed by atoms with Crippen molar-refractivity contribution in [1.82, 2.24) is 19.1 Å². The molecular weight excluding hydrogens is 717 g/mol. The van der Waals surface area contributed by atoms with Crippen LogP contribution in [0.15, 0.2) is 83.8 Å². The number of aryl methyl sites for hydroxylation is 4. The maximum atomic E-state index is 12.3. The van der Waals surface area contributed by atoms with Gasteiger partial charge >= 0.3 is 17.9 Å². The summed E-state index contributed by atoms with van der Waals surface area (Å²) in [4.78, 5) is 54.4. The molecule has 0 bridgehead atoms. The summed E-state index contributed by atoms with van der Waals surface area (Å²) in [6.45, 7) is 8.02. The molecular formula is C38H40N6O7S2. The molecule has 4 N–H and O–H groups in total. The highest BCUT2D eigenvalue weighted by Crippen LogP contribution is 2.26. The van der Waals surface area contributed by atoms with Crippen molar-refractivity contribution in [3.05, 3.63) is 118 Å². The minimum atomic E-state index is -0.879. The van der Waals surface area contributed by atoms with Crippen molar-refractivity contribution in [2.45, 2.75) is 27.7 Å². The van der Waals surface area contributed by atoms with Crippen molar-refractivity contribution in [3.8, 4) is 21.1 Å². The van der Waals surface area contributed by atoms with Crippen LogP contribution in [0.5, 0.6) is 0 Å². The summed E-state index contributed by atoms with van der Waals surface area (Å²) in [6, 6.07) is 18.2. The summed E-state index contributed by atoms with van der Waals surface area (Å²) in [6.07, 6.45) is 3.69. The number of carbonyl (C=O) groups is 4. The number of rotatable bonds is 9. The third kappa shape index (κ3) is 11.0. The molecule has 0 fully saturated rings. The number of benzene rings is 2. The lowest BCUT2D eigenvalue weighted by Gasteiger charge is -2.06. The SMILES string of the molecule is CCOC(=O)c1csc(-c2ccc(N)cc2)n1.CCOC(=O)c1csc(-c2ccc(NC(=O)c3cc(C)cn3C)cc2)n1.Cc1cc(C(=O)O)n(C)c1. The highest BCUT2D eigenvalue weighted by Gasteiger charge is 2.15. The molecule has 2 aromatic carbocycles. The Hall–Kier alpha value is -6.06. The molecule has 53 heavy (non-hydrogen) atoms. The number of nitrogens with two attached hydrogens (primary N) is 1. The highest BCUT2D eigenvalue weighted by atomic mass is 32.1. The number of carboxylic acid groups (broad SMARTS) is 1.